The number of rotatable bonds is 4. The van der Waals surface area contributed by atoms with Crippen LogP contribution in [0.2, 0.25) is 0 Å². The van der Waals surface area contributed by atoms with Crippen molar-refractivity contribution in [1.29, 1.82) is 0 Å². The number of aromatic nitrogens is 1. The molecule has 1 aromatic rings. The van der Waals surface area contributed by atoms with Crippen LogP contribution in [0.1, 0.15) is 49.6 Å². The van der Waals surface area contributed by atoms with Gasteiger partial charge in [-0.15, -0.1) is 11.3 Å². The van der Waals surface area contributed by atoms with Crippen molar-refractivity contribution in [3.63, 3.8) is 0 Å². The van der Waals surface area contributed by atoms with E-state index in [-0.39, 0.29) is 0 Å². The van der Waals surface area contributed by atoms with Gasteiger partial charge in [-0.25, -0.2) is 4.98 Å². The monoisotopic (exact) mass is 265 g/mol. The summed E-state index contributed by atoms with van der Waals surface area (Å²) < 4.78 is 0. The summed E-state index contributed by atoms with van der Waals surface area (Å²) in [6.45, 7) is 7.67. The molecule has 4 heteroatoms. The maximum atomic E-state index is 5.86. The molecule has 1 aromatic heterocycles. The van der Waals surface area contributed by atoms with Crippen LogP contribution >= 0.6 is 11.3 Å². The molecule has 2 fully saturated rings. The largest absolute Gasteiger partial charge is 0.348 e. The number of thiazole rings is 1. The summed E-state index contributed by atoms with van der Waals surface area (Å²) in [6, 6.07) is 0. The zero-order chi connectivity index (χ0) is 12.7. The highest BCUT2D eigenvalue weighted by Gasteiger charge is 2.32. The Labute approximate surface area is 113 Å². The number of hydrogen-bond donors (Lipinski definition) is 1. The molecule has 0 aromatic carbocycles. The van der Waals surface area contributed by atoms with Crippen LogP contribution in [0.5, 0.6) is 0 Å². The fourth-order valence-corrected chi connectivity index (χ4v) is 3.87. The molecule has 18 heavy (non-hydrogen) atoms. The summed E-state index contributed by atoms with van der Waals surface area (Å²) in [6.07, 6.45) is 3.93. The minimum atomic E-state index is 0.658. The van der Waals surface area contributed by atoms with E-state index in [0.717, 1.165) is 17.8 Å². The summed E-state index contributed by atoms with van der Waals surface area (Å²) in [7, 11) is 0. The van der Waals surface area contributed by atoms with E-state index in [0.29, 0.717) is 6.54 Å². The van der Waals surface area contributed by atoms with Gasteiger partial charge in [-0.2, -0.15) is 0 Å². The van der Waals surface area contributed by atoms with E-state index in [1.807, 2.05) is 11.3 Å². The molecule has 0 spiro atoms. The molecule has 2 N–H and O–H groups in total. The first-order valence-corrected chi connectivity index (χ1v) is 7.95. The van der Waals surface area contributed by atoms with E-state index in [2.05, 4.69) is 18.7 Å². The average Bonchev–Trinajstić information content (AvgIpc) is 2.94. The first kappa shape index (κ1) is 12.4. The molecule has 1 aliphatic carbocycles. The summed E-state index contributed by atoms with van der Waals surface area (Å²) in [5, 5.41) is 1.22. The summed E-state index contributed by atoms with van der Waals surface area (Å²) in [5.74, 6) is 2.34. The Bertz CT molecular complexity index is 423. The van der Waals surface area contributed by atoms with Crippen molar-refractivity contribution in [3.8, 4) is 0 Å². The lowest BCUT2D eigenvalue weighted by Gasteiger charge is -2.16. The molecule has 100 valence electrons. The van der Waals surface area contributed by atoms with Gasteiger partial charge in [-0.3, -0.25) is 0 Å². The van der Waals surface area contributed by atoms with Crippen LogP contribution < -0.4 is 10.6 Å². The Morgan fingerprint density at radius 2 is 2.17 bits per heavy atom. The van der Waals surface area contributed by atoms with Crippen LogP contribution in [-0.2, 0) is 6.54 Å². The lowest BCUT2D eigenvalue weighted by atomic mass is 9.95. The van der Waals surface area contributed by atoms with E-state index in [1.165, 1.54) is 48.1 Å². The maximum Gasteiger partial charge on any atom is 0.185 e. The fraction of sp³-hybridized carbons (Fsp3) is 0.786. The minimum absolute atomic E-state index is 0.658. The number of hydrogen-bond acceptors (Lipinski definition) is 4. The van der Waals surface area contributed by atoms with Gasteiger partial charge in [0, 0.05) is 30.4 Å². The quantitative estimate of drug-likeness (QED) is 0.910. The lowest BCUT2D eigenvalue weighted by molar-refractivity contribution is 0.422. The van der Waals surface area contributed by atoms with Crippen LogP contribution in [0.4, 0.5) is 5.13 Å². The highest BCUT2D eigenvalue weighted by molar-refractivity contribution is 7.15. The molecule has 3 rings (SSSR count). The SMILES string of the molecule is CC(C)C1CCN(c2nc(C3CC3)c(CN)s2)C1. The molecule has 0 radical (unpaired) electrons. The van der Waals surface area contributed by atoms with Gasteiger partial charge >= 0.3 is 0 Å². The van der Waals surface area contributed by atoms with E-state index in [1.54, 1.807) is 0 Å². The van der Waals surface area contributed by atoms with Crippen molar-refractivity contribution in [2.45, 2.75) is 45.6 Å². The molecule has 1 atom stereocenters. The average molecular weight is 265 g/mol. The standard InChI is InChI=1S/C14H23N3S/c1-9(2)11-5-6-17(8-11)14-16-13(10-3-4-10)12(7-15)18-14/h9-11H,3-8,15H2,1-2H3. The van der Waals surface area contributed by atoms with Crippen LogP contribution in [-0.4, -0.2) is 18.1 Å². The van der Waals surface area contributed by atoms with Gasteiger partial charge in [-0.05, 0) is 31.1 Å². The Hall–Kier alpha value is -0.610. The van der Waals surface area contributed by atoms with Crippen LogP contribution in [0.3, 0.4) is 0 Å². The first-order valence-electron chi connectivity index (χ1n) is 7.13. The second-order valence-electron chi connectivity index (χ2n) is 6.02. The third-order valence-electron chi connectivity index (χ3n) is 4.30. The molecule has 2 aliphatic rings. The second-order valence-corrected chi connectivity index (χ2v) is 7.08. The predicted molar refractivity (Wildman–Crippen MR) is 77.1 cm³/mol. The third kappa shape index (κ3) is 2.28. The molecule has 1 saturated heterocycles. The van der Waals surface area contributed by atoms with E-state index in [4.69, 9.17) is 10.7 Å². The molecular weight excluding hydrogens is 242 g/mol. The molecule has 1 saturated carbocycles. The van der Waals surface area contributed by atoms with E-state index < -0.39 is 0 Å². The summed E-state index contributed by atoms with van der Waals surface area (Å²) in [4.78, 5) is 8.68. The van der Waals surface area contributed by atoms with Gasteiger partial charge in [0.25, 0.3) is 0 Å². The van der Waals surface area contributed by atoms with Crippen molar-refractivity contribution in [1.82, 2.24) is 4.98 Å². The van der Waals surface area contributed by atoms with Crippen LogP contribution in [0.15, 0.2) is 0 Å². The normalized spacial score (nSPS) is 24.2. The smallest absolute Gasteiger partial charge is 0.185 e. The molecule has 1 aliphatic heterocycles. The van der Waals surface area contributed by atoms with Crippen LogP contribution in [0, 0.1) is 11.8 Å². The van der Waals surface area contributed by atoms with Crippen molar-refractivity contribution >= 4 is 16.5 Å². The molecule has 3 nitrogen and oxygen atoms in total. The lowest BCUT2D eigenvalue weighted by Crippen LogP contribution is -2.20. The number of nitrogens with two attached hydrogens (primary N) is 1. The van der Waals surface area contributed by atoms with Gasteiger partial charge in [0.15, 0.2) is 5.13 Å². The van der Waals surface area contributed by atoms with Gasteiger partial charge in [0.1, 0.15) is 0 Å². The van der Waals surface area contributed by atoms with E-state index in [9.17, 15) is 0 Å². The highest BCUT2D eigenvalue weighted by atomic mass is 32.1. The summed E-state index contributed by atoms with van der Waals surface area (Å²) >= 11 is 1.83. The Morgan fingerprint density at radius 3 is 2.72 bits per heavy atom. The second kappa shape index (κ2) is 4.82. The zero-order valence-electron chi connectivity index (χ0n) is 11.4. The van der Waals surface area contributed by atoms with E-state index >= 15 is 0 Å². The molecule has 2 heterocycles. The van der Waals surface area contributed by atoms with Gasteiger partial charge < -0.3 is 10.6 Å². The molecule has 0 bridgehead atoms. The molecule has 0 amide bonds. The number of anilines is 1. The number of nitrogens with zero attached hydrogens (tertiary/aromatic N) is 2. The first-order chi connectivity index (χ1) is 8.69. The van der Waals surface area contributed by atoms with Crippen molar-refractivity contribution in [2.24, 2.45) is 17.6 Å². The topological polar surface area (TPSA) is 42.2 Å². The summed E-state index contributed by atoms with van der Waals surface area (Å²) in [5.41, 5.74) is 7.17. The van der Waals surface area contributed by atoms with Crippen molar-refractivity contribution in [2.75, 3.05) is 18.0 Å². The van der Waals surface area contributed by atoms with Crippen LogP contribution in [0.25, 0.3) is 0 Å². The third-order valence-corrected chi connectivity index (χ3v) is 5.46. The molecule has 1 unspecified atom stereocenters. The van der Waals surface area contributed by atoms with Crippen molar-refractivity contribution in [3.05, 3.63) is 10.6 Å². The van der Waals surface area contributed by atoms with Gasteiger partial charge in [0.05, 0.1) is 5.69 Å². The van der Waals surface area contributed by atoms with Gasteiger partial charge in [0.2, 0.25) is 0 Å². The Balaban J connectivity index is 1.76. The Morgan fingerprint density at radius 1 is 1.39 bits per heavy atom. The predicted octanol–water partition coefficient (Wildman–Crippen LogP) is 2.96. The highest BCUT2D eigenvalue weighted by Crippen LogP contribution is 2.44. The maximum absolute atomic E-state index is 5.86. The minimum Gasteiger partial charge on any atom is -0.348 e. The Kier molecular flexibility index (Phi) is 3.32. The zero-order valence-corrected chi connectivity index (χ0v) is 12.2. The van der Waals surface area contributed by atoms with Crippen molar-refractivity contribution < 1.29 is 0 Å². The van der Waals surface area contributed by atoms with Gasteiger partial charge in [-0.1, -0.05) is 13.8 Å². The fourth-order valence-electron chi connectivity index (χ4n) is 2.81. The molecular formula is C14H23N3S.